The fraction of sp³-hybridized carbons (Fsp3) is 0.700. The van der Waals surface area contributed by atoms with Crippen molar-refractivity contribution in [2.75, 3.05) is 24.5 Å². The number of rotatable bonds is 3. The molecule has 0 spiro atoms. The normalized spacial score (nSPS) is 15.3. The predicted molar refractivity (Wildman–Crippen MR) is 57.6 cm³/mol. The smallest absolute Gasteiger partial charge is 0.155 e. The lowest BCUT2D eigenvalue weighted by molar-refractivity contribution is 0.635. The highest BCUT2D eigenvalue weighted by Gasteiger charge is 2.18. The lowest BCUT2D eigenvalue weighted by atomic mass is 10.1. The number of anilines is 1. The van der Waals surface area contributed by atoms with E-state index in [9.17, 15) is 0 Å². The van der Waals surface area contributed by atoms with Gasteiger partial charge >= 0.3 is 0 Å². The Morgan fingerprint density at radius 2 is 2.14 bits per heavy atom. The van der Waals surface area contributed by atoms with E-state index in [0.29, 0.717) is 0 Å². The first-order valence-electron chi connectivity index (χ1n) is 5.38. The lowest BCUT2D eigenvalue weighted by Crippen LogP contribution is -2.27. The Balaban J connectivity index is 2.29. The molecule has 78 valence electrons. The fourth-order valence-corrected chi connectivity index (χ4v) is 1.99. The van der Waals surface area contributed by atoms with Crippen LogP contribution in [0.5, 0.6) is 0 Å². The van der Waals surface area contributed by atoms with Crippen molar-refractivity contribution < 1.29 is 0 Å². The topological polar surface area (TPSA) is 44.0 Å². The van der Waals surface area contributed by atoms with Gasteiger partial charge in [-0.25, -0.2) is 0 Å². The molecule has 4 nitrogen and oxygen atoms in total. The van der Waals surface area contributed by atoms with E-state index < -0.39 is 0 Å². The molecule has 0 saturated carbocycles. The third kappa shape index (κ3) is 1.50. The standard InChI is InChI=1S/C10H18N4/c1-3-14(4-2)10-8-7-11-6-5-9(8)12-13-10/h11H,3-7H2,1-2H3,(H,12,13). The number of fused-ring (bicyclic) bond motifs is 1. The number of hydrogen-bond acceptors (Lipinski definition) is 3. The molecular formula is C10H18N4. The van der Waals surface area contributed by atoms with Crippen LogP contribution in [-0.4, -0.2) is 29.8 Å². The van der Waals surface area contributed by atoms with Crippen molar-refractivity contribution in [1.82, 2.24) is 15.5 Å². The molecule has 2 heterocycles. The molecule has 4 heteroatoms. The van der Waals surface area contributed by atoms with Crippen LogP contribution in [0.2, 0.25) is 0 Å². The fourth-order valence-electron chi connectivity index (χ4n) is 1.99. The summed E-state index contributed by atoms with van der Waals surface area (Å²) < 4.78 is 0. The molecule has 0 bridgehead atoms. The minimum absolute atomic E-state index is 0.956. The molecule has 1 aromatic heterocycles. The first kappa shape index (κ1) is 9.52. The van der Waals surface area contributed by atoms with Gasteiger partial charge in [0, 0.05) is 43.9 Å². The quantitative estimate of drug-likeness (QED) is 0.751. The van der Waals surface area contributed by atoms with Gasteiger partial charge in [0.2, 0.25) is 0 Å². The average Bonchev–Trinajstić information content (AvgIpc) is 2.65. The van der Waals surface area contributed by atoms with E-state index in [2.05, 4.69) is 34.3 Å². The summed E-state index contributed by atoms with van der Waals surface area (Å²) >= 11 is 0. The van der Waals surface area contributed by atoms with Gasteiger partial charge in [-0.2, -0.15) is 5.10 Å². The minimum atomic E-state index is 0.956. The van der Waals surface area contributed by atoms with E-state index >= 15 is 0 Å². The van der Waals surface area contributed by atoms with Crippen molar-refractivity contribution in [2.24, 2.45) is 0 Å². The van der Waals surface area contributed by atoms with E-state index in [1.165, 1.54) is 11.3 Å². The van der Waals surface area contributed by atoms with Crippen molar-refractivity contribution in [3.8, 4) is 0 Å². The average molecular weight is 194 g/mol. The predicted octanol–water partition coefficient (Wildman–Crippen LogP) is 0.902. The van der Waals surface area contributed by atoms with Crippen molar-refractivity contribution in [3.63, 3.8) is 0 Å². The molecule has 0 radical (unpaired) electrons. The van der Waals surface area contributed by atoms with Gasteiger partial charge in [-0.15, -0.1) is 0 Å². The Labute approximate surface area is 84.7 Å². The molecule has 0 unspecified atom stereocenters. The second-order valence-corrected chi connectivity index (χ2v) is 3.60. The second-order valence-electron chi connectivity index (χ2n) is 3.60. The summed E-state index contributed by atoms with van der Waals surface area (Å²) in [5.41, 5.74) is 2.67. The van der Waals surface area contributed by atoms with Gasteiger partial charge in [-0.05, 0) is 13.8 Å². The molecule has 14 heavy (non-hydrogen) atoms. The van der Waals surface area contributed by atoms with Crippen molar-refractivity contribution in [3.05, 3.63) is 11.3 Å². The molecule has 0 aromatic carbocycles. The Kier molecular flexibility index (Phi) is 2.72. The number of nitrogens with zero attached hydrogens (tertiary/aromatic N) is 2. The Morgan fingerprint density at radius 1 is 1.36 bits per heavy atom. The molecule has 0 saturated heterocycles. The van der Waals surface area contributed by atoms with Gasteiger partial charge in [-0.3, -0.25) is 5.10 Å². The highest BCUT2D eigenvalue weighted by atomic mass is 15.3. The maximum Gasteiger partial charge on any atom is 0.155 e. The monoisotopic (exact) mass is 194 g/mol. The van der Waals surface area contributed by atoms with Gasteiger partial charge < -0.3 is 10.2 Å². The van der Waals surface area contributed by atoms with E-state index in [0.717, 1.165) is 38.4 Å². The zero-order chi connectivity index (χ0) is 9.97. The largest absolute Gasteiger partial charge is 0.355 e. The second kappa shape index (κ2) is 4.00. The SMILES string of the molecule is CCN(CC)c1n[nH]c2c1CNCC2. The van der Waals surface area contributed by atoms with E-state index in [4.69, 9.17) is 0 Å². The lowest BCUT2D eigenvalue weighted by Gasteiger charge is -2.21. The van der Waals surface area contributed by atoms with Crippen molar-refractivity contribution in [2.45, 2.75) is 26.8 Å². The van der Waals surface area contributed by atoms with Crippen molar-refractivity contribution >= 4 is 5.82 Å². The molecule has 0 aliphatic carbocycles. The summed E-state index contributed by atoms with van der Waals surface area (Å²) in [6.45, 7) is 8.40. The first-order chi connectivity index (χ1) is 6.86. The molecule has 1 aliphatic heterocycles. The highest BCUT2D eigenvalue weighted by molar-refractivity contribution is 5.49. The maximum absolute atomic E-state index is 4.40. The Bertz CT molecular complexity index is 301. The van der Waals surface area contributed by atoms with Gasteiger partial charge in [0.25, 0.3) is 0 Å². The first-order valence-corrected chi connectivity index (χ1v) is 5.38. The summed E-state index contributed by atoms with van der Waals surface area (Å²) in [4.78, 5) is 2.29. The molecule has 0 fully saturated rings. The summed E-state index contributed by atoms with van der Waals surface area (Å²) in [6, 6.07) is 0. The van der Waals surface area contributed by atoms with E-state index in [-0.39, 0.29) is 0 Å². The van der Waals surface area contributed by atoms with Crippen LogP contribution >= 0.6 is 0 Å². The Morgan fingerprint density at radius 3 is 2.86 bits per heavy atom. The summed E-state index contributed by atoms with van der Waals surface area (Å²) in [5.74, 6) is 1.14. The molecule has 1 aliphatic rings. The highest BCUT2D eigenvalue weighted by Crippen LogP contribution is 2.22. The molecular weight excluding hydrogens is 176 g/mol. The minimum Gasteiger partial charge on any atom is -0.355 e. The third-order valence-electron chi connectivity index (χ3n) is 2.85. The zero-order valence-electron chi connectivity index (χ0n) is 8.93. The maximum atomic E-state index is 4.40. The zero-order valence-corrected chi connectivity index (χ0v) is 8.93. The van der Waals surface area contributed by atoms with Crippen LogP contribution in [0.1, 0.15) is 25.1 Å². The summed E-state index contributed by atoms with van der Waals surface area (Å²) in [6.07, 6.45) is 1.07. The van der Waals surface area contributed by atoms with Crippen LogP contribution in [-0.2, 0) is 13.0 Å². The molecule has 2 rings (SSSR count). The van der Waals surface area contributed by atoms with Gasteiger partial charge in [0.1, 0.15) is 0 Å². The number of nitrogens with one attached hydrogen (secondary N) is 2. The number of H-pyrrole nitrogens is 1. The van der Waals surface area contributed by atoms with E-state index in [1.54, 1.807) is 0 Å². The third-order valence-corrected chi connectivity index (χ3v) is 2.85. The van der Waals surface area contributed by atoms with Crippen LogP contribution in [0.4, 0.5) is 5.82 Å². The van der Waals surface area contributed by atoms with Gasteiger partial charge in [-0.1, -0.05) is 0 Å². The molecule has 0 atom stereocenters. The van der Waals surface area contributed by atoms with Crippen LogP contribution in [0.3, 0.4) is 0 Å². The summed E-state index contributed by atoms with van der Waals surface area (Å²) in [7, 11) is 0. The van der Waals surface area contributed by atoms with Crippen molar-refractivity contribution in [1.29, 1.82) is 0 Å². The number of aromatic amines is 1. The van der Waals surface area contributed by atoms with E-state index in [1.807, 2.05) is 0 Å². The molecule has 1 aromatic rings. The van der Waals surface area contributed by atoms with Crippen LogP contribution in [0.15, 0.2) is 0 Å². The molecule has 2 N–H and O–H groups in total. The van der Waals surface area contributed by atoms with Crippen LogP contribution in [0.25, 0.3) is 0 Å². The summed E-state index contributed by atoms with van der Waals surface area (Å²) in [5, 5.41) is 10.9. The number of aromatic nitrogens is 2. The number of hydrogen-bond donors (Lipinski definition) is 2. The van der Waals surface area contributed by atoms with Gasteiger partial charge in [0.05, 0.1) is 0 Å². The van der Waals surface area contributed by atoms with Crippen LogP contribution < -0.4 is 10.2 Å². The van der Waals surface area contributed by atoms with Crippen LogP contribution in [0, 0.1) is 0 Å². The molecule has 0 amide bonds. The van der Waals surface area contributed by atoms with Gasteiger partial charge in [0.15, 0.2) is 5.82 Å². The Hall–Kier alpha value is -1.03.